The molecule has 0 aliphatic carbocycles. The molecule has 0 fully saturated rings. The fraction of sp³-hybridized carbons (Fsp3) is 0.231. The van der Waals surface area contributed by atoms with Gasteiger partial charge in [-0.1, -0.05) is 6.07 Å². The average molecular weight is 264 g/mol. The zero-order valence-corrected chi connectivity index (χ0v) is 11.0. The monoisotopic (exact) mass is 264 g/mol. The van der Waals surface area contributed by atoms with E-state index < -0.39 is 0 Å². The van der Waals surface area contributed by atoms with Crippen molar-refractivity contribution in [3.8, 4) is 17.0 Å². The van der Waals surface area contributed by atoms with Gasteiger partial charge in [-0.25, -0.2) is 0 Å². The highest BCUT2D eigenvalue weighted by molar-refractivity contribution is 7.90. The van der Waals surface area contributed by atoms with Gasteiger partial charge in [-0.05, 0) is 43.7 Å². The highest BCUT2D eigenvalue weighted by atomic mass is 32.2. The minimum atomic E-state index is 0.141. The molecule has 0 radical (unpaired) electrons. The van der Waals surface area contributed by atoms with E-state index in [0.717, 1.165) is 23.5 Å². The summed E-state index contributed by atoms with van der Waals surface area (Å²) >= 11 is 0.942. The van der Waals surface area contributed by atoms with Crippen molar-refractivity contribution in [1.29, 1.82) is 0 Å². The second-order valence-corrected chi connectivity index (χ2v) is 4.14. The SMILES string of the molecule is [3H]c1ccc(-c2ccc(C)cc2OSOCC)nn1. The second kappa shape index (κ2) is 6.37. The summed E-state index contributed by atoms with van der Waals surface area (Å²) in [6.45, 7) is 4.45. The lowest BCUT2D eigenvalue weighted by atomic mass is 10.1. The fourth-order valence-electron chi connectivity index (χ4n) is 1.43. The van der Waals surface area contributed by atoms with Gasteiger partial charge in [-0.3, -0.25) is 4.18 Å². The number of rotatable bonds is 5. The number of aromatic nitrogens is 2. The quantitative estimate of drug-likeness (QED) is 0.611. The summed E-state index contributed by atoms with van der Waals surface area (Å²) in [5, 5.41) is 7.74. The van der Waals surface area contributed by atoms with Crippen molar-refractivity contribution in [3.63, 3.8) is 0 Å². The minimum absolute atomic E-state index is 0.141. The first-order valence-electron chi connectivity index (χ1n) is 6.08. The van der Waals surface area contributed by atoms with E-state index in [1.165, 1.54) is 0 Å². The first-order chi connectivity index (χ1) is 9.20. The number of hydrogen-bond donors (Lipinski definition) is 0. The molecule has 1 aromatic heterocycles. The van der Waals surface area contributed by atoms with Crippen LogP contribution in [0.1, 0.15) is 13.9 Å². The van der Waals surface area contributed by atoms with E-state index in [1.807, 2.05) is 32.0 Å². The van der Waals surface area contributed by atoms with E-state index >= 15 is 0 Å². The molecule has 0 saturated carbocycles. The highest BCUT2D eigenvalue weighted by Crippen LogP contribution is 2.31. The molecular formula is C13H14N2O2S. The lowest BCUT2D eigenvalue weighted by molar-refractivity contribution is 0.369. The molecule has 0 aliphatic heterocycles. The maximum absolute atomic E-state index is 7.35. The van der Waals surface area contributed by atoms with Crippen LogP contribution in [0.5, 0.6) is 5.75 Å². The molecule has 1 heterocycles. The number of hydrogen-bond acceptors (Lipinski definition) is 5. The molecule has 4 nitrogen and oxygen atoms in total. The highest BCUT2D eigenvalue weighted by Gasteiger charge is 2.09. The number of nitrogens with zero attached hydrogens (tertiary/aromatic N) is 2. The average Bonchev–Trinajstić information content (AvgIpc) is 2.41. The third-order valence-electron chi connectivity index (χ3n) is 2.23. The van der Waals surface area contributed by atoms with Crippen LogP contribution in [0.25, 0.3) is 11.3 Å². The Kier molecular flexibility index (Phi) is 4.07. The van der Waals surface area contributed by atoms with Gasteiger partial charge in [0.1, 0.15) is 5.75 Å². The molecule has 2 rings (SSSR count). The molecule has 0 N–H and O–H groups in total. The van der Waals surface area contributed by atoms with Crippen molar-refractivity contribution < 1.29 is 9.74 Å². The molecule has 94 valence electrons. The zero-order chi connectivity index (χ0) is 13.7. The Hall–Kier alpha value is -1.59. The Morgan fingerprint density at radius 1 is 1.39 bits per heavy atom. The molecule has 0 bridgehead atoms. The zero-order valence-electron chi connectivity index (χ0n) is 11.2. The van der Waals surface area contributed by atoms with Gasteiger partial charge in [0.15, 0.2) is 0 Å². The Labute approximate surface area is 112 Å². The van der Waals surface area contributed by atoms with Gasteiger partial charge in [0.2, 0.25) is 12.3 Å². The van der Waals surface area contributed by atoms with Crippen LogP contribution in [0.3, 0.4) is 0 Å². The summed E-state index contributed by atoms with van der Waals surface area (Å²) in [4.78, 5) is 0. The van der Waals surface area contributed by atoms with Gasteiger partial charge in [0.25, 0.3) is 0 Å². The van der Waals surface area contributed by atoms with Crippen LogP contribution >= 0.6 is 12.3 Å². The standard InChI is InChI=1S/C13H14N2O2S/c1-3-16-18-17-13-9-10(2)6-7-11(13)12-5-4-8-14-15-12/h4-9H,3H2,1-2H3/i8T. The van der Waals surface area contributed by atoms with Gasteiger partial charge < -0.3 is 4.18 Å². The summed E-state index contributed by atoms with van der Waals surface area (Å²) in [7, 11) is 0. The predicted molar refractivity (Wildman–Crippen MR) is 72.1 cm³/mol. The first-order valence-corrected chi connectivity index (χ1v) is 6.25. The van der Waals surface area contributed by atoms with E-state index in [4.69, 9.17) is 9.74 Å². The third kappa shape index (κ3) is 3.21. The lowest BCUT2D eigenvalue weighted by Gasteiger charge is -2.09. The van der Waals surface area contributed by atoms with Gasteiger partial charge in [-0.15, -0.1) is 0 Å². The van der Waals surface area contributed by atoms with Crippen LogP contribution in [0.4, 0.5) is 0 Å². The molecule has 0 amide bonds. The normalized spacial score (nSPS) is 11.1. The van der Waals surface area contributed by atoms with Crippen LogP contribution in [0.2, 0.25) is 0 Å². The van der Waals surface area contributed by atoms with Crippen LogP contribution in [0.15, 0.2) is 36.5 Å². The smallest absolute Gasteiger partial charge is 0.225 e. The van der Waals surface area contributed by atoms with Gasteiger partial charge in [0.05, 0.1) is 13.7 Å². The molecular weight excluding hydrogens is 248 g/mol. The van der Waals surface area contributed by atoms with Crippen LogP contribution in [-0.4, -0.2) is 16.8 Å². The van der Waals surface area contributed by atoms with Gasteiger partial charge in [-0.2, -0.15) is 10.2 Å². The number of benzene rings is 1. The summed E-state index contributed by atoms with van der Waals surface area (Å²) in [6, 6.07) is 9.16. The first kappa shape index (κ1) is 11.5. The molecule has 0 atom stereocenters. The van der Waals surface area contributed by atoms with Gasteiger partial charge in [0, 0.05) is 11.7 Å². The molecule has 0 spiro atoms. The van der Waals surface area contributed by atoms with E-state index in [1.54, 1.807) is 12.1 Å². The number of aryl methyl sites for hydroxylation is 1. The van der Waals surface area contributed by atoms with E-state index in [0.29, 0.717) is 18.1 Å². The Bertz CT molecular complexity index is 549. The third-order valence-corrected chi connectivity index (χ3v) is 2.81. The van der Waals surface area contributed by atoms with E-state index in [-0.39, 0.29) is 6.17 Å². The largest absolute Gasteiger partial charge is 0.400 e. The van der Waals surface area contributed by atoms with Crippen molar-refractivity contribution >= 4 is 12.3 Å². The summed E-state index contributed by atoms with van der Waals surface area (Å²) in [5.74, 6) is 0.672. The minimum Gasteiger partial charge on any atom is -0.400 e. The molecule has 5 heteroatoms. The van der Waals surface area contributed by atoms with E-state index in [2.05, 4.69) is 10.2 Å². The molecule has 0 saturated heterocycles. The predicted octanol–water partition coefficient (Wildman–Crippen LogP) is 3.43. The van der Waals surface area contributed by atoms with Crippen molar-refractivity contribution in [2.75, 3.05) is 6.61 Å². The lowest BCUT2D eigenvalue weighted by Crippen LogP contribution is -1.92. The summed E-state index contributed by atoms with van der Waals surface area (Å²) < 4.78 is 18.0. The molecule has 0 unspecified atom stereocenters. The summed E-state index contributed by atoms with van der Waals surface area (Å²) in [6.07, 6.45) is 0.141. The van der Waals surface area contributed by atoms with Crippen molar-refractivity contribution in [3.05, 3.63) is 42.1 Å². The van der Waals surface area contributed by atoms with Crippen molar-refractivity contribution in [2.24, 2.45) is 0 Å². The van der Waals surface area contributed by atoms with Crippen LogP contribution in [-0.2, 0) is 4.18 Å². The molecule has 18 heavy (non-hydrogen) atoms. The van der Waals surface area contributed by atoms with Crippen LogP contribution in [0, 0.1) is 6.92 Å². The second-order valence-electron chi connectivity index (χ2n) is 3.61. The Balaban J connectivity index is 2.30. The van der Waals surface area contributed by atoms with Crippen molar-refractivity contribution in [1.82, 2.24) is 10.2 Å². The van der Waals surface area contributed by atoms with E-state index in [9.17, 15) is 0 Å². The fourth-order valence-corrected chi connectivity index (χ4v) is 1.78. The van der Waals surface area contributed by atoms with Crippen molar-refractivity contribution in [2.45, 2.75) is 13.8 Å². The maximum Gasteiger partial charge on any atom is 0.225 e. The topological polar surface area (TPSA) is 44.2 Å². The maximum atomic E-state index is 7.35. The molecule has 1 aromatic carbocycles. The summed E-state index contributed by atoms with van der Waals surface area (Å²) in [5.41, 5.74) is 2.58. The molecule has 0 aliphatic rings. The Morgan fingerprint density at radius 3 is 3.00 bits per heavy atom. The van der Waals surface area contributed by atoms with Gasteiger partial charge >= 0.3 is 0 Å². The Morgan fingerprint density at radius 2 is 2.28 bits per heavy atom. The van der Waals surface area contributed by atoms with Crippen LogP contribution < -0.4 is 4.18 Å². The molecule has 2 aromatic rings.